The molecule has 23 heavy (non-hydrogen) atoms. The molecule has 0 N–H and O–H groups in total. The minimum absolute atomic E-state index is 0.647. The third-order valence-electron chi connectivity index (χ3n) is 3.85. The van der Waals surface area contributed by atoms with E-state index < -0.39 is 0 Å². The SMILES string of the molecule is CCOC1=C(c2ccccc2)Sc2ccccc2-n2cccc21. The van der Waals surface area contributed by atoms with Crippen molar-refractivity contribution in [3.05, 3.63) is 84.2 Å². The first-order valence-corrected chi connectivity index (χ1v) is 8.57. The molecule has 0 fully saturated rings. The minimum atomic E-state index is 0.647. The van der Waals surface area contributed by atoms with Gasteiger partial charge >= 0.3 is 0 Å². The summed E-state index contributed by atoms with van der Waals surface area (Å²) in [6.07, 6.45) is 2.10. The molecular formula is C20H17NOS. The van der Waals surface area contributed by atoms with E-state index in [1.165, 1.54) is 16.1 Å². The first-order valence-electron chi connectivity index (χ1n) is 7.76. The molecule has 0 saturated heterocycles. The van der Waals surface area contributed by atoms with E-state index in [9.17, 15) is 0 Å². The lowest BCUT2D eigenvalue weighted by Gasteiger charge is -2.13. The predicted molar refractivity (Wildman–Crippen MR) is 96.5 cm³/mol. The quantitative estimate of drug-likeness (QED) is 0.637. The van der Waals surface area contributed by atoms with Crippen LogP contribution in [0.15, 0.2) is 77.8 Å². The molecular weight excluding hydrogens is 302 g/mol. The minimum Gasteiger partial charge on any atom is -0.490 e. The molecule has 0 aliphatic carbocycles. The fraction of sp³-hybridized carbons (Fsp3) is 0.100. The van der Waals surface area contributed by atoms with Crippen molar-refractivity contribution < 1.29 is 4.74 Å². The van der Waals surface area contributed by atoms with Gasteiger partial charge in [0.15, 0.2) is 5.76 Å². The summed E-state index contributed by atoms with van der Waals surface area (Å²) in [6, 6.07) is 23.2. The Hall–Kier alpha value is -2.39. The smallest absolute Gasteiger partial charge is 0.157 e. The monoisotopic (exact) mass is 319 g/mol. The molecule has 0 amide bonds. The summed E-state index contributed by atoms with van der Waals surface area (Å²) in [4.78, 5) is 2.40. The van der Waals surface area contributed by atoms with E-state index in [1.54, 1.807) is 11.8 Å². The van der Waals surface area contributed by atoms with Crippen LogP contribution in [-0.4, -0.2) is 11.2 Å². The number of para-hydroxylation sites is 1. The fourth-order valence-corrected chi connectivity index (χ4v) is 4.00. The van der Waals surface area contributed by atoms with Gasteiger partial charge in [-0.15, -0.1) is 0 Å². The Morgan fingerprint density at radius 3 is 2.52 bits per heavy atom. The molecule has 3 aromatic rings. The number of thioether (sulfide) groups is 1. The molecule has 1 aromatic heterocycles. The zero-order chi connectivity index (χ0) is 15.6. The van der Waals surface area contributed by atoms with Gasteiger partial charge in [0.05, 0.1) is 22.9 Å². The zero-order valence-corrected chi connectivity index (χ0v) is 13.7. The van der Waals surface area contributed by atoms with Crippen LogP contribution in [0.5, 0.6) is 0 Å². The van der Waals surface area contributed by atoms with Crippen LogP contribution in [-0.2, 0) is 4.74 Å². The second kappa shape index (κ2) is 6.01. The van der Waals surface area contributed by atoms with Crippen LogP contribution < -0.4 is 0 Å². The van der Waals surface area contributed by atoms with E-state index in [1.807, 2.05) is 13.0 Å². The summed E-state index contributed by atoms with van der Waals surface area (Å²) >= 11 is 1.77. The molecule has 0 bridgehead atoms. The molecule has 0 atom stereocenters. The van der Waals surface area contributed by atoms with E-state index in [-0.39, 0.29) is 0 Å². The van der Waals surface area contributed by atoms with Crippen molar-refractivity contribution in [1.82, 2.24) is 4.57 Å². The van der Waals surface area contributed by atoms with E-state index in [4.69, 9.17) is 4.74 Å². The van der Waals surface area contributed by atoms with Crippen LogP contribution in [0.4, 0.5) is 0 Å². The second-order valence-electron chi connectivity index (χ2n) is 5.29. The zero-order valence-electron chi connectivity index (χ0n) is 12.9. The topological polar surface area (TPSA) is 14.2 Å². The highest BCUT2D eigenvalue weighted by molar-refractivity contribution is 8.08. The van der Waals surface area contributed by atoms with Crippen molar-refractivity contribution in [2.45, 2.75) is 11.8 Å². The third-order valence-corrected chi connectivity index (χ3v) is 5.04. The summed E-state index contributed by atoms with van der Waals surface area (Å²) < 4.78 is 8.30. The van der Waals surface area contributed by atoms with Gasteiger partial charge in [0.25, 0.3) is 0 Å². The first-order chi connectivity index (χ1) is 11.4. The van der Waals surface area contributed by atoms with Crippen molar-refractivity contribution in [3.8, 4) is 5.69 Å². The Morgan fingerprint density at radius 1 is 0.913 bits per heavy atom. The molecule has 0 saturated carbocycles. The Bertz CT molecular complexity index is 864. The number of rotatable bonds is 3. The molecule has 0 spiro atoms. The number of ether oxygens (including phenoxy) is 1. The maximum Gasteiger partial charge on any atom is 0.157 e. The maximum atomic E-state index is 6.08. The average Bonchev–Trinajstić information content (AvgIpc) is 3.04. The summed E-state index contributed by atoms with van der Waals surface area (Å²) in [6.45, 7) is 2.68. The van der Waals surface area contributed by atoms with E-state index in [2.05, 4.69) is 71.4 Å². The van der Waals surface area contributed by atoms with Gasteiger partial charge in [0.1, 0.15) is 0 Å². The summed E-state index contributed by atoms with van der Waals surface area (Å²) in [5, 5.41) is 0. The molecule has 3 heteroatoms. The Kier molecular flexibility index (Phi) is 3.72. The molecule has 1 aliphatic heterocycles. The number of hydrogen-bond donors (Lipinski definition) is 0. The van der Waals surface area contributed by atoms with Gasteiger partial charge in [0, 0.05) is 11.1 Å². The Labute approximate surface area is 140 Å². The normalized spacial score (nSPS) is 13.3. The van der Waals surface area contributed by atoms with Crippen molar-refractivity contribution in [1.29, 1.82) is 0 Å². The molecule has 2 heterocycles. The largest absolute Gasteiger partial charge is 0.490 e. The van der Waals surface area contributed by atoms with Crippen LogP contribution >= 0.6 is 11.8 Å². The van der Waals surface area contributed by atoms with Crippen LogP contribution in [0, 0.1) is 0 Å². The number of benzene rings is 2. The maximum absolute atomic E-state index is 6.08. The van der Waals surface area contributed by atoms with Gasteiger partial charge in [-0.2, -0.15) is 0 Å². The molecule has 4 rings (SSSR count). The lowest BCUT2D eigenvalue weighted by atomic mass is 10.1. The summed E-state index contributed by atoms with van der Waals surface area (Å²) in [5.74, 6) is 0.949. The molecule has 114 valence electrons. The van der Waals surface area contributed by atoms with Gasteiger partial charge in [-0.1, -0.05) is 54.2 Å². The molecule has 2 aromatic carbocycles. The first kappa shape index (κ1) is 14.2. The van der Waals surface area contributed by atoms with E-state index in [0.29, 0.717) is 6.61 Å². The highest BCUT2D eigenvalue weighted by Gasteiger charge is 2.23. The van der Waals surface area contributed by atoms with Crippen molar-refractivity contribution in [2.75, 3.05) is 6.61 Å². The Balaban J connectivity index is 2.00. The van der Waals surface area contributed by atoms with Crippen LogP contribution in [0.2, 0.25) is 0 Å². The standard InChI is InChI=1S/C20H17NOS/c1-2-22-19-17-12-8-14-21(17)16-11-6-7-13-18(16)23-20(19)15-9-4-3-5-10-15/h3-14H,2H2,1H3. The fourth-order valence-electron chi connectivity index (χ4n) is 2.85. The summed E-state index contributed by atoms with van der Waals surface area (Å²) in [7, 11) is 0. The molecule has 1 aliphatic rings. The number of nitrogens with zero attached hydrogens (tertiary/aromatic N) is 1. The molecule has 0 unspecified atom stereocenters. The van der Waals surface area contributed by atoms with E-state index in [0.717, 1.165) is 16.4 Å². The summed E-state index contributed by atoms with van der Waals surface area (Å²) in [5.41, 5.74) is 3.48. The lowest BCUT2D eigenvalue weighted by Crippen LogP contribution is -2.01. The highest BCUT2D eigenvalue weighted by Crippen LogP contribution is 2.45. The Morgan fingerprint density at radius 2 is 1.70 bits per heavy atom. The van der Waals surface area contributed by atoms with Crippen molar-refractivity contribution in [3.63, 3.8) is 0 Å². The lowest BCUT2D eigenvalue weighted by molar-refractivity contribution is 0.298. The number of fused-ring (bicyclic) bond motifs is 3. The third kappa shape index (κ3) is 2.47. The van der Waals surface area contributed by atoms with Gasteiger partial charge in [-0.05, 0) is 36.8 Å². The molecule has 2 nitrogen and oxygen atoms in total. The number of hydrogen-bond acceptors (Lipinski definition) is 2. The van der Waals surface area contributed by atoms with Gasteiger partial charge in [-0.25, -0.2) is 0 Å². The van der Waals surface area contributed by atoms with Gasteiger partial charge in [-0.3, -0.25) is 0 Å². The van der Waals surface area contributed by atoms with Crippen LogP contribution in [0.25, 0.3) is 16.4 Å². The van der Waals surface area contributed by atoms with Gasteiger partial charge < -0.3 is 9.30 Å². The average molecular weight is 319 g/mol. The van der Waals surface area contributed by atoms with Gasteiger partial charge in [0.2, 0.25) is 0 Å². The highest BCUT2D eigenvalue weighted by atomic mass is 32.2. The van der Waals surface area contributed by atoms with E-state index >= 15 is 0 Å². The second-order valence-corrected chi connectivity index (χ2v) is 6.34. The predicted octanol–water partition coefficient (Wildman–Crippen LogP) is 5.45. The van der Waals surface area contributed by atoms with Crippen LogP contribution in [0.1, 0.15) is 18.2 Å². The van der Waals surface area contributed by atoms with Crippen molar-refractivity contribution in [2.24, 2.45) is 0 Å². The molecule has 0 radical (unpaired) electrons. The van der Waals surface area contributed by atoms with Crippen LogP contribution in [0.3, 0.4) is 0 Å². The number of aromatic nitrogens is 1. The van der Waals surface area contributed by atoms with Crippen molar-refractivity contribution >= 4 is 22.4 Å².